The highest BCUT2D eigenvalue weighted by Crippen LogP contribution is 2.55. The Balaban J connectivity index is 2.19. The fourth-order valence-electron chi connectivity index (χ4n) is 2.01. The quantitative estimate of drug-likeness (QED) is 0.455. The maximum Gasteiger partial charge on any atom is 0.135 e. The Morgan fingerprint density at radius 3 is 2.58 bits per heavy atom. The van der Waals surface area contributed by atoms with Crippen molar-refractivity contribution < 1.29 is 0 Å². The summed E-state index contributed by atoms with van der Waals surface area (Å²) in [6, 6.07) is 11.0. The minimum atomic E-state index is 0.295. The number of hydrogen-bond acceptors (Lipinski definition) is 0. The zero-order chi connectivity index (χ0) is 8.39. The van der Waals surface area contributed by atoms with Crippen LogP contribution in [0.3, 0.4) is 0 Å². The molecule has 0 N–H and O–H groups in total. The van der Waals surface area contributed by atoms with E-state index in [1.807, 2.05) is 0 Å². The first-order chi connectivity index (χ1) is 5.88. The van der Waals surface area contributed by atoms with Crippen molar-refractivity contribution >= 4 is 15.4 Å². The molecule has 62 valence electrons. The molecular formula is C10H14BP. The summed E-state index contributed by atoms with van der Waals surface area (Å²) in [5.41, 5.74) is 2.48. The van der Waals surface area contributed by atoms with Crippen molar-refractivity contribution in [2.75, 3.05) is 6.16 Å². The van der Waals surface area contributed by atoms with Crippen molar-refractivity contribution in [1.82, 2.24) is 0 Å². The predicted molar refractivity (Wildman–Crippen MR) is 58.7 cm³/mol. The van der Waals surface area contributed by atoms with Gasteiger partial charge >= 0.3 is 0 Å². The summed E-state index contributed by atoms with van der Waals surface area (Å²) in [6.45, 7) is 0. The first-order valence-corrected chi connectivity index (χ1v) is 6.67. The number of rotatable bonds is 1. The molecule has 0 nitrogen and oxygen atoms in total. The summed E-state index contributed by atoms with van der Waals surface area (Å²) in [6.07, 6.45) is 4.35. The third-order valence-electron chi connectivity index (χ3n) is 2.70. The molecule has 1 saturated heterocycles. The Hall–Kier alpha value is -0.285. The van der Waals surface area contributed by atoms with Crippen molar-refractivity contribution in [3.8, 4) is 0 Å². The van der Waals surface area contributed by atoms with Crippen LogP contribution in [0, 0.1) is 0 Å². The molecule has 1 aliphatic heterocycles. The molecule has 12 heavy (non-hydrogen) atoms. The fourth-order valence-corrected chi connectivity index (χ4v) is 4.30. The Morgan fingerprint density at radius 1 is 1.25 bits per heavy atom. The second kappa shape index (κ2) is 3.62. The molecule has 2 unspecified atom stereocenters. The zero-order valence-corrected chi connectivity index (χ0v) is 8.43. The summed E-state index contributed by atoms with van der Waals surface area (Å²) in [7, 11) is 2.74. The van der Waals surface area contributed by atoms with Crippen LogP contribution in [0.25, 0.3) is 0 Å². The van der Waals surface area contributed by atoms with Gasteiger partial charge in [0.05, 0.1) is 0 Å². The molecule has 1 heterocycles. The van der Waals surface area contributed by atoms with Gasteiger partial charge in [-0.05, 0) is 30.2 Å². The van der Waals surface area contributed by atoms with E-state index in [9.17, 15) is 0 Å². The molecule has 1 aromatic carbocycles. The van der Waals surface area contributed by atoms with E-state index in [2.05, 4.69) is 37.9 Å². The van der Waals surface area contributed by atoms with E-state index in [0.717, 1.165) is 5.66 Å². The molecule has 0 aromatic heterocycles. The standard InChI is InChI=1S/C10H14BP/c11-12-8-4-7-10(12)9-5-2-1-3-6-9/h1-3,5-6,10H,4,7-8,11H2. The minimum absolute atomic E-state index is 0.295. The molecule has 0 aliphatic carbocycles. The first-order valence-electron chi connectivity index (χ1n) is 4.63. The van der Waals surface area contributed by atoms with Gasteiger partial charge in [-0.25, -0.2) is 0 Å². The lowest BCUT2D eigenvalue weighted by Crippen LogP contribution is -1.89. The topological polar surface area (TPSA) is 0 Å². The van der Waals surface area contributed by atoms with Gasteiger partial charge in [0.1, 0.15) is 7.57 Å². The van der Waals surface area contributed by atoms with Gasteiger partial charge in [0.2, 0.25) is 0 Å². The van der Waals surface area contributed by atoms with Crippen LogP contribution >= 0.6 is 7.80 Å². The summed E-state index contributed by atoms with van der Waals surface area (Å²) in [4.78, 5) is 0. The molecule has 0 amide bonds. The molecule has 2 heteroatoms. The van der Waals surface area contributed by atoms with Gasteiger partial charge in [-0.15, -0.1) is 7.80 Å². The van der Waals surface area contributed by atoms with Gasteiger partial charge < -0.3 is 0 Å². The lowest BCUT2D eigenvalue weighted by atomic mass is 10.1. The van der Waals surface area contributed by atoms with Crippen molar-refractivity contribution in [2.24, 2.45) is 0 Å². The molecule has 1 aromatic rings. The monoisotopic (exact) mass is 176 g/mol. The van der Waals surface area contributed by atoms with E-state index >= 15 is 0 Å². The van der Waals surface area contributed by atoms with E-state index < -0.39 is 0 Å². The van der Waals surface area contributed by atoms with Gasteiger partial charge in [-0.3, -0.25) is 0 Å². The van der Waals surface area contributed by atoms with Crippen LogP contribution in [-0.2, 0) is 0 Å². The van der Waals surface area contributed by atoms with Gasteiger partial charge in [0.15, 0.2) is 0 Å². The predicted octanol–water partition coefficient (Wildman–Crippen LogP) is 2.55. The second-order valence-corrected chi connectivity index (χ2v) is 6.13. The molecule has 0 saturated carbocycles. The van der Waals surface area contributed by atoms with Gasteiger partial charge in [0.25, 0.3) is 0 Å². The lowest BCUT2D eigenvalue weighted by Gasteiger charge is -2.15. The van der Waals surface area contributed by atoms with Gasteiger partial charge in [0, 0.05) is 0 Å². The van der Waals surface area contributed by atoms with Crippen LogP contribution in [0.2, 0.25) is 0 Å². The van der Waals surface area contributed by atoms with Crippen molar-refractivity contribution in [2.45, 2.75) is 18.5 Å². The first kappa shape index (κ1) is 8.32. The Morgan fingerprint density at radius 2 is 2.00 bits per heavy atom. The maximum atomic E-state index is 2.44. The van der Waals surface area contributed by atoms with Crippen LogP contribution in [0.4, 0.5) is 0 Å². The van der Waals surface area contributed by atoms with Crippen LogP contribution < -0.4 is 0 Å². The molecule has 1 fully saturated rings. The normalized spacial score (nSPS) is 29.0. The SMILES string of the molecule is BP1CCCC1c1ccccc1. The Bertz CT molecular complexity index is 247. The summed E-state index contributed by atoms with van der Waals surface area (Å²) >= 11 is 0. The highest BCUT2D eigenvalue weighted by molar-refractivity contribution is 7.82. The Labute approximate surface area is 76.5 Å². The largest absolute Gasteiger partial charge is 0.141 e. The molecule has 0 radical (unpaired) electrons. The summed E-state index contributed by atoms with van der Waals surface area (Å²) in [5, 5.41) is 0. The lowest BCUT2D eigenvalue weighted by molar-refractivity contribution is 0.828. The Kier molecular flexibility index (Phi) is 2.51. The zero-order valence-electron chi connectivity index (χ0n) is 7.53. The summed E-state index contributed by atoms with van der Waals surface area (Å²) < 4.78 is 0. The van der Waals surface area contributed by atoms with E-state index in [1.165, 1.54) is 19.0 Å². The highest BCUT2D eigenvalue weighted by atomic mass is 31.1. The van der Waals surface area contributed by atoms with E-state index in [1.54, 1.807) is 5.56 Å². The van der Waals surface area contributed by atoms with Crippen molar-refractivity contribution in [3.05, 3.63) is 35.9 Å². The third kappa shape index (κ3) is 1.56. The van der Waals surface area contributed by atoms with Crippen LogP contribution in [-0.4, -0.2) is 13.7 Å². The van der Waals surface area contributed by atoms with E-state index in [0.29, 0.717) is 7.80 Å². The van der Waals surface area contributed by atoms with E-state index in [4.69, 9.17) is 0 Å². The van der Waals surface area contributed by atoms with Crippen LogP contribution in [0.1, 0.15) is 24.1 Å². The number of benzene rings is 1. The second-order valence-electron chi connectivity index (χ2n) is 3.55. The van der Waals surface area contributed by atoms with Gasteiger partial charge in [-0.2, -0.15) is 0 Å². The van der Waals surface area contributed by atoms with Crippen LogP contribution in [0.5, 0.6) is 0 Å². The summed E-state index contributed by atoms with van der Waals surface area (Å²) in [5.74, 6) is 0. The molecule has 0 bridgehead atoms. The molecule has 0 spiro atoms. The van der Waals surface area contributed by atoms with Crippen molar-refractivity contribution in [3.63, 3.8) is 0 Å². The maximum absolute atomic E-state index is 2.44. The van der Waals surface area contributed by atoms with Crippen molar-refractivity contribution in [1.29, 1.82) is 0 Å². The average Bonchev–Trinajstić information content (AvgIpc) is 2.53. The smallest absolute Gasteiger partial charge is 0.135 e. The molecule has 2 rings (SSSR count). The molecule has 2 atom stereocenters. The van der Waals surface area contributed by atoms with Gasteiger partial charge in [-0.1, -0.05) is 30.3 Å². The molecule has 1 aliphatic rings. The fraction of sp³-hybridized carbons (Fsp3) is 0.400. The third-order valence-corrected chi connectivity index (χ3v) is 5.35. The highest BCUT2D eigenvalue weighted by Gasteiger charge is 2.23. The average molecular weight is 176 g/mol. The van der Waals surface area contributed by atoms with E-state index in [-0.39, 0.29) is 0 Å². The molecular weight excluding hydrogens is 162 g/mol. The van der Waals surface area contributed by atoms with Crippen LogP contribution in [0.15, 0.2) is 30.3 Å². The minimum Gasteiger partial charge on any atom is -0.141 e. The number of hydrogen-bond donors (Lipinski definition) is 0.